The fourth-order valence-electron chi connectivity index (χ4n) is 1.56. The number of anilines is 1. The third-order valence-corrected chi connectivity index (χ3v) is 3.50. The molecule has 4 heteroatoms. The normalized spacial score (nSPS) is 15.5. The maximum absolute atomic E-state index is 5.88. The predicted octanol–water partition coefficient (Wildman–Crippen LogP) is 2.66. The first kappa shape index (κ1) is 8.85. The summed E-state index contributed by atoms with van der Waals surface area (Å²) in [5.41, 5.74) is 8.81. The van der Waals surface area contributed by atoms with Gasteiger partial charge in [-0.3, -0.25) is 4.98 Å². The van der Waals surface area contributed by atoms with Crippen LogP contribution >= 0.6 is 11.3 Å². The number of rotatable bonds is 2. The Hall–Kier alpha value is -1.42. The van der Waals surface area contributed by atoms with Gasteiger partial charge in [0.2, 0.25) is 0 Å². The Kier molecular flexibility index (Phi) is 1.95. The average Bonchev–Trinajstić information content (AvgIpc) is 2.99. The van der Waals surface area contributed by atoms with Gasteiger partial charge in [0, 0.05) is 29.4 Å². The molecule has 1 saturated carbocycles. The van der Waals surface area contributed by atoms with Gasteiger partial charge in [-0.05, 0) is 18.9 Å². The topological polar surface area (TPSA) is 51.8 Å². The van der Waals surface area contributed by atoms with Gasteiger partial charge in [0.15, 0.2) is 0 Å². The third-order valence-electron chi connectivity index (χ3n) is 2.60. The van der Waals surface area contributed by atoms with Crippen LogP contribution in [0.4, 0.5) is 5.69 Å². The largest absolute Gasteiger partial charge is 0.398 e. The smallest absolute Gasteiger partial charge is 0.127 e. The number of hydrogen-bond acceptors (Lipinski definition) is 4. The average molecular weight is 217 g/mol. The third kappa shape index (κ3) is 1.61. The Morgan fingerprint density at radius 2 is 2.27 bits per heavy atom. The fourth-order valence-corrected chi connectivity index (χ4v) is 2.49. The van der Waals surface area contributed by atoms with E-state index in [9.17, 15) is 0 Å². The van der Waals surface area contributed by atoms with Gasteiger partial charge in [0.05, 0.1) is 11.3 Å². The Bertz CT molecular complexity index is 488. The molecule has 2 N–H and O–H groups in total. The summed E-state index contributed by atoms with van der Waals surface area (Å²) in [6, 6.07) is 1.81. The number of nitrogen functional groups attached to an aromatic ring is 1. The zero-order chi connectivity index (χ0) is 10.3. The van der Waals surface area contributed by atoms with Gasteiger partial charge in [0.1, 0.15) is 5.01 Å². The van der Waals surface area contributed by atoms with E-state index in [4.69, 9.17) is 5.73 Å². The Morgan fingerprint density at radius 3 is 3.00 bits per heavy atom. The molecule has 0 aliphatic heterocycles. The summed E-state index contributed by atoms with van der Waals surface area (Å²) < 4.78 is 0. The molecule has 0 amide bonds. The molecule has 76 valence electrons. The van der Waals surface area contributed by atoms with E-state index in [2.05, 4.69) is 15.3 Å². The van der Waals surface area contributed by atoms with E-state index >= 15 is 0 Å². The first-order valence-electron chi connectivity index (χ1n) is 5.00. The van der Waals surface area contributed by atoms with E-state index in [1.165, 1.54) is 18.5 Å². The first-order valence-corrected chi connectivity index (χ1v) is 5.88. The zero-order valence-corrected chi connectivity index (χ0v) is 9.00. The lowest BCUT2D eigenvalue weighted by Gasteiger charge is -1.99. The Balaban J connectivity index is 2.01. The minimum Gasteiger partial charge on any atom is -0.398 e. The molecule has 1 fully saturated rings. The molecule has 1 aliphatic carbocycles. The van der Waals surface area contributed by atoms with Crippen LogP contribution in [0.25, 0.3) is 10.6 Å². The Morgan fingerprint density at radius 1 is 1.40 bits per heavy atom. The highest BCUT2D eigenvalue weighted by atomic mass is 32.1. The standard InChI is InChI=1S/C11H11N3S/c12-9-3-4-13-5-8(9)11-14-10(6-15-11)7-1-2-7/h3-7H,1-2H2,(H2,12,13). The summed E-state index contributed by atoms with van der Waals surface area (Å²) in [6.07, 6.45) is 6.05. The van der Waals surface area contributed by atoms with Gasteiger partial charge < -0.3 is 5.73 Å². The first-order chi connectivity index (χ1) is 7.34. The van der Waals surface area contributed by atoms with E-state index in [-0.39, 0.29) is 0 Å². The van der Waals surface area contributed by atoms with Crippen molar-refractivity contribution < 1.29 is 0 Å². The molecule has 0 radical (unpaired) electrons. The Labute approximate surface area is 92.0 Å². The highest BCUT2D eigenvalue weighted by Gasteiger charge is 2.26. The predicted molar refractivity (Wildman–Crippen MR) is 61.7 cm³/mol. The van der Waals surface area contributed by atoms with Crippen LogP contribution in [0, 0.1) is 0 Å². The highest BCUT2D eigenvalue weighted by molar-refractivity contribution is 7.13. The van der Waals surface area contributed by atoms with E-state index in [1.54, 1.807) is 23.7 Å². The van der Waals surface area contributed by atoms with Crippen LogP contribution in [-0.4, -0.2) is 9.97 Å². The minimum atomic E-state index is 0.702. The SMILES string of the molecule is Nc1ccncc1-c1nc(C2CC2)cs1. The minimum absolute atomic E-state index is 0.702. The molecule has 2 aromatic rings. The molecule has 3 rings (SSSR count). The summed E-state index contributed by atoms with van der Waals surface area (Å²) in [5.74, 6) is 0.702. The van der Waals surface area contributed by atoms with Crippen molar-refractivity contribution in [3.8, 4) is 10.6 Å². The molecule has 2 heterocycles. The van der Waals surface area contributed by atoms with Crippen LogP contribution in [0.3, 0.4) is 0 Å². The molecule has 15 heavy (non-hydrogen) atoms. The lowest BCUT2D eigenvalue weighted by Crippen LogP contribution is -1.90. The lowest BCUT2D eigenvalue weighted by molar-refractivity contribution is 1.05. The molecule has 0 bridgehead atoms. The molecule has 1 aliphatic rings. The number of nitrogens with zero attached hydrogens (tertiary/aromatic N) is 2. The molecule has 0 saturated heterocycles. The second-order valence-corrected chi connectivity index (χ2v) is 4.67. The maximum atomic E-state index is 5.88. The van der Waals surface area contributed by atoms with Gasteiger partial charge in [-0.15, -0.1) is 11.3 Å². The van der Waals surface area contributed by atoms with Crippen LogP contribution < -0.4 is 5.73 Å². The van der Waals surface area contributed by atoms with Crippen LogP contribution in [0.15, 0.2) is 23.8 Å². The fraction of sp³-hybridized carbons (Fsp3) is 0.273. The van der Waals surface area contributed by atoms with Crippen LogP contribution in [0.1, 0.15) is 24.5 Å². The quantitative estimate of drug-likeness (QED) is 0.841. The lowest BCUT2D eigenvalue weighted by atomic mass is 10.2. The summed E-state index contributed by atoms with van der Waals surface area (Å²) in [4.78, 5) is 8.68. The monoisotopic (exact) mass is 217 g/mol. The number of pyridine rings is 1. The maximum Gasteiger partial charge on any atom is 0.127 e. The second kappa shape index (κ2) is 3.31. The second-order valence-electron chi connectivity index (χ2n) is 3.81. The van der Waals surface area contributed by atoms with Crippen LogP contribution in [0.2, 0.25) is 0 Å². The van der Waals surface area contributed by atoms with Gasteiger partial charge in [-0.2, -0.15) is 0 Å². The van der Waals surface area contributed by atoms with Crippen molar-refractivity contribution in [1.82, 2.24) is 9.97 Å². The van der Waals surface area contributed by atoms with Crippen molar-refractivity contribution in [3.63, 3.8) is 0 Å². The molecule has 3 nitrogen and oxygen atoms in total. The molecule has 0 spiro atoms. The zero-order valence-electron chi connectivity index (χ0n) is 8.18. The van der Waals surface area contributed by atoms with E-state index < -0.39 is 0 Å². The molecular formula is C11H11N3S. The van der Waals surface area contributed by atoms with Crippen molar-refractivity contribution in [2.75, 3.05) is 5.73 Å². The summed E-state index contributed by atoms with van der Waals surface area (Å²) in [5, 5.41) is 3.13. The highest BCUT2D eigenvalue weighted by Crippen LogP contribution is 2.41. The van der Waals surface area contributed by atoms with Crippen molar-refractivity contribution in [2.45, 2.75) is 18.8 Å². The van der Waals surface area contributed by atoms with E-state index in [0.717, 1.165) is 16.3 Å². The molecule has 0 aromatic carbocycles. The molecule has 0 unspecified atom stereocenters. The molecule has 2 aromatic heterocycles. The van der Waals surface area contributed by atoms with Gasteiger partial charge >= 0.3 is 0 Å². The van der Waals surface area contributed by atoms with E-state index in [1.807, 2.05) is 6.07 Å². The molecular weight excluding hydrogens is 206 g/mol. The van der Waals surface area contributed by atoms with Crippen molar-refractivity contribution in [2.24, 2.45) is 0 Å². The van der Waals surface area contributed by atoms with Crippen molar-refractivity contribution in [1.29, 1.82) is 0 Å². The summed E-state index contributed by atoms with van der Waals surface area (Å²) in [6.45, 7) is 0. The summed E-state index contributed by atoms with van der Waals surface area (Å²) in [7, 11) is 0. The number of hydrogen-bond donors (Lipinski definition) is 1. The summed E-state index contributed by atoms with van der Waals surface area (Å²) >= 11 is 1.65. The van der Waals surface area contributed by atoms with Gasteiger partial charge in [-0.1, -0.05) is 0 Å². The van der Waals surface area contributed by atoms with Gasteiger partial charge in [0.25, 0.3) is 0 Å². The van der Waals surface area contributed by atoms with Crippen LogP contribution in [0.5, 0.6) is 0 Å². The number of nitrogens with two attached hydrogens (primary N) is 1. The van der Waals surface area contributed by atoms with E-state index in [0.29, 0.717) is 5.92 Å². The number of thiazole rings is 1. The van der Waals surface area contributed by atoms with Crippen molar-refractivity contribution in [3.05, 3.63) is 29.5 Å². The van der Waals surface area contributed by atoms with Crippen LogP contribution in [-0.2, 0) is 0 Å². The van der Waals surface area contributed by atoms with Crippen molar-refractivity contribution >= 4 is 17.0 Å². The number of aromatic nitrogens is 2. The molecule has 0 atom stereocenters. The van der Waals surface area contributed by atoms with Gasteiger partial charge in [-0.25, -0.2) is 4.98 Å².